The fourth-order valence-electron chi connectivity index (χ4n) is 6.22. The third kappa shape index (κ3) is 2.46. The van der Waals surface area contributed by atoms with Crippen LogP contribution in [0.25, 0.3) is 0 Å². The second kappa shape index (κ2) is 5.93. The molecule has 1 heterocycles. The Morgan fingerprint density at radius 2 is 1.96 bits per heavy atom. The van der Waals surface area contributed by atoms with Crippen molar-refractivity contribution >= 4 is 11.7 Å². The van der Waals surface area contributed by atoms with Gasteiger partial charge in [-0.2, -0.15) is 0 Å². The van der Waals surface area contributed by atoms with Crippen molar-refractivity contribution in [3.8, 4) is 0 Å². The van der Waals surface area contributed by atoms with Gasteiger partial charge in [-0.15, -0.1) is 0 Å². The van der Waals surface area contributed by atoms with Crippen molar-refractivity contribution < 1.29 is 4.79 Å². The highest BCUT2D eigenvalue weighted by atomic mass is 16.2. The van der Waals surface area contributed by atoms with E-state index in [2.05, 4.69) is 20.6 Å². The summed E-state index contributed by atoms with van der Waals surface area (Å²) in [4.78, 5) is 21.7. The number of amides is 1. The molecule has 4 saturated carbocycles. The van der Waals surface area contributed by atoms with E-state index < -0.39 is 0 Å². The molecule has 5 atom stereocenters. The first-order chi connectivity index (χ1) is 12.5. The zero-order valence-electron chi connectivity index (χ0n) is 15.9. The smallest absolute Gasteiger partial charge is 0.223 e. The van der Waals surface area contributed by atoms with Gasteiger partial charge in [0.05, 0.1) is 0 Å². The van der Waals surface area contributed by atoms with E-state index in [0.29, 0.717) is 29.8 Å². The molecule has 5 unspecified atom stereocenters. The number of hydrogen-bond acceptors (Lipinski definition) is 4. The molecule has 5 nitrogen and oxygen atoms in total. The van der Waals surface area contributed by atoms with E-state index >= 15 is 0 Å². The van der Waals surface area contributed by atoms with Gasteiger partial charge in [0.2, 0.25) is 5.91 Å². The van der Waals surface area contributed by atoms with Crippen molar-refractivity contribution in [1.82, 2.24) is 15.3 Å². The quantitative estimate of drug-likeness (QED) is 0.870. The monoisotopic (exact) mass is 354 g/mol. The molecule has 5 rings (SSSR count). The largest absolute Gasteiger partial charge is 0.367 e. The van der Waals surface area contributed by atoms with Crippen LogP contribution in [0, 0.1) is 37.0 Å². The van der Waals surface area contributed by atoms with E-state index in [1.807, 2.05) is 19.9 Å². The lowest BCUT2D eigenvalue weighted by molar-refractivity contribution is -0.138. The maximum Gasteiger partial charge on any atom is 0.223 e. The molecular formula is C21H30N4O. The van der Waals surface area contributed by atoms with Crippen LogP contribution in [-0.4, -0.2) is 28.0 Å². The summed E-state index contributed by atoms with van der Waals surface area (Å²) in [6.07, 6.45) is 9.83. The number of nitrogens with zero attached hydrogens (tertiary/aromatic N) is 2. The Balaban J connectivity index is 1.23. The van der Waals surface area contributed by atoms with Crippen LogP contribution >= 0.6 is 0 Å². The number of carbonyl (C=O) groups is 1. The summed E-state index contributed by atoms with van der Waals surface area (Å²) in [5, 5.41) is 7.10. The fraction of sp³-hybridized carbons (Fsp3) is 0.762. The minimum absolute atomic E-state index is 0.251. The average molecular weight is 354 g/mol. The van der Waals surface area contributed by atoms with Crippen LogP contribution in [0.1, 0.15) is 62.9 Å². The van der Waals surface area contributed by atoms with Crippen molar-refractivity contribution in [3.05, 3.63) is 17.6 Å². The number of carbonyl (C=O) groups excluding carboxylic acids is 1. The van der Waals surface area contributed by atoms with Crippen LogP contribution in [0.5, 0.6) is 0 Å². The summed E-state index contributed by atoms with van der Waals surface area (Å²) in [6, 6.07) is 2.81. The van der Waals surface area contributed by atoms with Gasteiger partial charge in [-0.05, 0) is 57.8 Å². The van der Waals surface area contributed by atoms with Crippen molar-refractivity contribution in [1.29, 1.82) is 0 Å². The normalized spacial score (nSPS) is 36.5. The van der Waals surface area contributed by atoms with Crippen LogP contribution in [0.3, 0.4) is 0 Å². The van der Waals surface area contributed by atoms with Gasteiger partial charge >= 0.3 is 0 Å². The summed E-state index contributed by atoms with van der Waals surface area (Å²) < 4.78 is 0. The minimum atomic E-state index is 0.251. The molecule has 26 heavy (non-hydrogen) atoms. The van der Waals surface area contributed by atoms with Crippen LogP contribution < -0.4 is 10.6 Å². The van der Waals surface area contributed by atoms with Crippen molar-refractivity contribution in [2.75, 3.05) is 5.32 Å². The second-order valence-electron chi connectivity index (χ2n) is 9.22. The molecule has 0 saturated heterocycles. The van der Waals surface area contributed by atoms with Crippen LogP contribution in [0.15, 0.2) is 6.07 Å². The predicted octanol–water partition coefficient (Wildman–Crippen LogP) is 3.37. The standard InChI is InChI=1S/C21H30N4O/c1-12-9-19(23-13(2)22-12)24-17-11-18(21(17)7-4-8-21)25-20(26)16-10-14-5-3-6-15(14)16/h9,14-18H,3-8,10-11H2,1-2H3,(H,25,26)(H,22,23,24). The Morgan fingerprint density at radius 3 is 2.65 bits per heavy atom. The van der Waals surface area contributed by atoms with Crippen molar-refractivity contribution in [2.24, 2.45) is 23.2 Å². The van der Waals surface area contributed by atoms with E-state index in [0.717, 1.165) is 36.1 Å². The number of nitrogens with one attached hydrogen (secondary N) is 2. The molecule has 5 heteroatoms. The van der Waals surface area contributed by atoms with Gasteiger partial charge in [0.1, 0.15) is 11.6 Å². The van der Waals surface area contributed by atoms with Gasteiger partial charge in [-0.1, -0.05) is 19.3 Å². The molecule has 1 aromatic heterocycles. The fourth-order valence-corrected chi connectivity index (χ4v) is 6.22. The Hall–Kier alpha value is -1.65. The number of aromatic nitrogens is 2. The van der Waals surface area contributed by atoms with E-state index in [1.54, 1.807) is 0 Å². The van der Waals surface area contributed by atoms with Crippen LogP contribution in [-0.2, 0) is 4.79 Å². The van der Waals surface area contributed by atoms with Crippen LogP contribution in [0.4, 0.5) is 5.82 Å². The third-order valence-electron chi connectivity index (χ3n) is 7.88. The minimum Gasteiger partial charge on any atom is -0.367 e. The highest BCUT2D eigenvalue weighted by Gasteiger charge is 2.59. The van der Waals surface area contributed by atoms with Gasteiger partial charge in [0.25, 0.3) is 0 Å². The van der Waals surface area contributed by atoms with E-state index in [-0.39, 0.29) is 5.41 Å². The zero-order valence-corrected chi connectivity index (χ0v) is 15.9. The van der Waals surface area contributed by atoms with E-state index in [4.69, 9.17) is 0 Å². The Bertz CT molecular complexity index is 708. The number of rotatable bonds is 4. The maximum atomic E-state index is 12.8. The molecule has 0 radical (unpaired) electrons. The summed E-state index contributed by atoms with van der Waals surface area (Å²) in [6.45, 7) is 3.95. The lowest BCUT2D eigenvalue weighted by atomic mass is 9.49. The molecule has 4 aliphatic carbocycles. The summed E-state index contributed by atoms with van der Waals surface area (Å²) >= 11 is 0. The molecule has 0 bridgehead atoms. The highest BCUT2D eigenvalue weighted by Crippen LogP contribution is 2.57. The van der Waals surface area contributed by atoms with Gasteiger partial charge in [-0.3, -0.25) is 4.79 Å². The average Bonchev–Trinajstić information content (AvgIpc) is 2.84. The number of hydrogen-bond donors (Lipinski definition) is 2. The summed E-state index contributed by atoms with van der Waals surface area (Å²) in [5.41, 5.74) is 1.25. The van der Waals surface area contributed by atoms with Gasteiger partial charge < -0.3 is 10.6 Å². The van der Waals surface area contributed by atoms with Crippen LogP contribution in [0.2, 0.25) is 0 Å². The number of aryl methyl sites for hydroxylation is 2. The Labute approximate surface area is 155 Å². The highest BCUT2D eigenvalue weighted by molar-refractivity contribution is 5.80. The lowest BCUT2D eigenvalue weighted by Gasteiger charge is -2.62. The third-order valence-corrected chi connectivity index (χ3v) is 7.88. The summed E-state index contributed by atoms with van der Waals surface area (Å²) in [7, 11) is 0. The number of anilines is 1. The van der Waals surface area contributed by atoms with E-state index in [9.17, 15) is 4.79 Å². The maximum absolute atomic E-state index is 12.8. The molecule has 0 aromatic carbocycles. The molecule has 1 amide bonds. The summed E-state index contributed by atoms with van der Waals surface area (Å²) in [5.74, 6) is 3.94. The van der Waals surface area contributed by atoms with Crippen molar-refractivity contribution in [3.63, 3.8) is 0 Å². The molecule has 1 aromatic rings. The van der Waals surface area contributed by atoms with Gasteiger partial charge in [0.15, 0.2) is 0 Å². The first-order valence-corrected chi connectivity index (χ1v) is 10.4. The lowest BCUT2D eigenvalue weighted by Crippen LogP contribution is -2.70. The van der Waals surface area contributed by atoms with Gasteiger partial charge in [-0.25, -0.2) is 9.97 Å². The molecular weight excluding hydrogens is 324 g/mol. The predicted molar refractivity (Wildman–Crippen MR) is 101 cm³/mol. The SMILES string of the molecule is Cc1cc(NC2CC(NC(=O)C3CC4CCCC43)C23CCC3)nc(C)n1. The van der Waals surface area contributed by atoms with Gasteiger partial charge in [0, 0.05) is 35.2 Å². The Kier molecular flexibility index (Phi) is 3.77. The zero-order chi connectivity index (χ0) is 17.9. The first kappa shape index (κ1) is 16.5. The molecule has 140 valence electrons. The second-order valence-corrected chi connectivity index (χ2v) is 9.22. The topological polar surface area (TPSA) is 66.9 Å². The first-order valence-electron chi connectivity index (χ1n) is 10.4. The molecule has 1 spiro atoms. The van der Waals surface area contributed by atoms with Crippen molar-refractivity contribution in [2.45, 2.75) is 77.3 Å². The molecule has 0 aliphatic heterocycles. The van der Waals surface area contributed by atoms with E-state index in [1.165, 1.54) is 38.5 Å². The number of fused-ring (bicyclic) bond motifs is 1. The molecule has 2 N–H and O–H groups in total. The molecule has 4 fully saturated rings. The molecule has 4 aliphatic rings. The Morgan fingerprint density at radius 1 is 1.12 bits per heavy atom.